The zero-order chi connectivity index (χ0) is 63.5. The molecular formula is C77H149N2O7P. The summed E-state index contributed by atoms with van der Waals surface area (Å²) in [5, 5.41) is 3.06. The van der Waals surface area contributed by atoms with Crippen LogP contribution in [0.1, 0.15) is 393 Å². The van der Waals surface area contributed by atoms with Gasteiger partial charge in [-0.25, -0.2) is 0 Å². The molecule has 1 N–H and O–H groups in total. The van der Waals surface area contributed by atoms with Crippen molar-refractivity contribution in [2.45, 2.75) is 405 Å². The van der Waals surface area contributed by atoms with Gasteiger partial charge in [0.25, 0.3) is 7.82 Å². The molecule has 0 aromatic carbocycles. The number of carbonyl (C=O) groups is 2. The summed E-state index contributed by atoms with van der Waals surface area (Å²) in [6, 6.07) is -0.885. The number of phosphoric ester groups is 1. The fourth-order valence-electron chi connectivity index (χ4n) is 11.7. The van der Waals surface area contributed by atoms with Gasteiger partial charge in [0.15, 0.2) is 0 Å². The van der Waals surface area contributed by atoms with E-state index in [-0.39, 0.29) is 31.5 Å². The van der Waals surface area contributed by atoms with Gasteiger partial charge in [0.2, 0.25) is 5.91 Å². The van der Waals surface area contributed by atoms with Crippen LogP contribution in [0, 0.1) is 0 Å². The first-order chi connectivity index (χ1) is 42.4. The Hall–Kier alpha value is -1.77. The monoisotopic (exact) mass is 1250 g/mol. The van der Waals surface area contributed by atoms with Crippen molar-refractivity contribution in [3.63, 3.8) is 0 Å². The van der Waals surface area contributed by atoms with E-state index >= 15 is 0 Å². The van der Waals surface area contributed by atoms with Crippen LogP contribution in [0.15, 0.2) is 36.5 Å². The van der Waals surface area contributed by atoms with Crippen molar-refractivity contribution in [2.75, 3.05) is 40.9 Å². The minimum Gasteiger partial charge on any atom is -0.756 e. The van der Waals surface area contributed by atoms with Crippen molar-refractivity contribution < 1.29 is 37.3 Å². The van der Waals surface area contributed by atoms with Crippen molar-refractivity contribution in [1.82, 2.24) is 5.32 Å². The standard InChI is InChI=1S/C77H149N2O7P/c1-7-10-13-16-19-22-25-28-30-32-34-36-38-39-41-43-45-47-49-52-55-58-61-64-67-70-77(81)86-75(68-65-62-59-56-53-50-27-24-21-18-15-12-9-3)74(73-85-87(82,83)84-72-71-79(4,5)6)78-76(80)69-66-63-60-57-54-51-48-46-44-42-40-37-35-33-31-29-26-23-20-17-14-11-8-2/h19,22,28,30,65,68,74-75H,7-18,20-21,23-27,29,31-64,66-67,69-73H2,1-6H3,(H-,78,80,82,83)/b22-19-,30-28-,68-65+. The Morgan fingerprint density at radius 1 is 0.402 bits per heavy atom. The van der Waals surface area contributed by atoms with Crippen LogP contribution in [0.3, 0.4) is 0 Å². The van der Waals surface area contributed by atoms with E-state index in [0.717, 1.165) is 64.2 Å². The number of ether oxygens (including phenoxy) is 1. The summed E-state index contributed by atoms with van der Waals surface area (Å²) in [4.78, 5) is 40.3. The van der Waals surface area contributed by atoms with Crippen LogP contribution in [-0.4, -0.2) is 69.4 Å². The van der Waals surface area contributed by atoms with Crippen LogP contribution in [0.2, 0.25) is 0 Å². The summed E-state index contributed by atoms with van der Waals surface area (Å²) in [6.45, 7) is 6.90. The van der Waals surface area contributed by atoms with Gasteiger partial charge in [-0.2, -0.15) is 0 Å². The number of likely N-dealkylation sites (N-methyl/N-ethyl adjacent to an activating group) is 1. The molecular weight excluding hydrogens is 1100 g/mol. The molecule has 3 atom stereocenters. The van der Waals surface area contributed by atoms with Gasteiger partial charge in [-0.15, -0.1) is 0 Å². The smallest absolute Gasteiger partial charge is 0.306 e. The molecule has 10 heteroatoms. The topological polar surface area (TPSA) is 114 Å². The van der Waals surface area contributed by atoms with Crippen molar-refractivity contribution in [1.29, 1.82) is 0 Å². The molecule has 0 spiro atoms. The number of phosphoric acid groups is 1. The molecule has 0 radical (unpaired) electrons. The van der Waals surface area contributed by atoms with Gasteiger partial charge in [0, 0.05) is 12.8 Å². The van der Waals surface area contributed by atoms with Gasteiger partial charge in [-0.1, -0.05) is 353 Å². The second-order valence-electron chi connectivity index (χ2n) is 27.5. The molecule has 0 aliphatic heterocycles. The lowest BCUT2D eigenvalue weighted by Gasteiger charge is -2.30. The van der Waals surface area contributed by atoms with Gasteiger partial charge in [-0.3, -0.25) is 14.2 Å². The van der Waals surface area contributed by atoms with Gasteiger partial charge in [-0.05, 0) is 63.9 Å². The van der Waals surface area contributed by atoms with E-state index in [0.29, 0.717) is 17.4 Å². The zero-order valence-electron chi connectivity index (χ0n) is 59.0. The minimum atomic E-state index is -4.70. The summed E-state index contributed by atoms with van der Waals surface area (Å²) in [7, 11) is 1.21. The third-order valence-electron chi connectivity index (χ3n) is 17.6. The maximum Gasteiger partial charge on any atom is 0.306 e. The zero-order valence-corrected chi connectivity index (χ0v) is 59.9. The Labute approximate surface area is 542 Å². The van der Waals surface area contributed by atoms with Crippen LogP contribution in [0.5, 0.6) is 0 Å². The molecule has 87 heavy (non-hydrogen) atoms. The van der Waals surface area contributed by atoms with Gasteiger partial charge in [0.1, 0.15) is 19.3 Å². The van der Waals surface area contributed by atoms with Crippen molar-refractivity contribution >= 4 is 19.7 Å². The summed E-state index contributed by atoms with van der Waals surface area (Å²) >= 11 is 0. The van der Waals surface area contributed by atoms with E-state index in [1.165, 1.54) is 295 Å². The van der Waals surface area contributed by atoms with E-state index < -0.39 is 20.0 Å². The molecule has 9 nitrogen and oxygen atoms in total. The third-order valence-corrected chi connectivity index (χ3v) is 18.5. The van der Waals surface area contributed by atoms with Gasteiger partial charge < -0.3 is 28.5 Å². The molecule has 0 rings (SSSR count). The average Bonchev–Trinajstić information content (AvgIpc) is 3.70. The number of hydrogen-bond acceptors (Lipinski definition) is 7. The lowest BCUT2D eigenvalue weighted by Crippen LogP contribution is -2.47. The van der Waals surface area contributed by atoms with Crippen LogP contribution in [-0.2, 0) is 27.9 Å². The molecule has 0 aliphatic rings. The number of unbranched alkanes of at least 4 members (excludes halogenated alkanes) is 51. The molecule has 0 fully saturated rings. The van der Waals surface area contributed by atoms with Gasteiger partial charge >= 0.3 is 5.97 Å². The second kappa shape index (κ2) is 67.1. The first-order valence-electron chi connectivity index (χ1n) is 38.3. The minimum absolute atomic E-state index is 0.0185. The Kier molecular flexibility index (Phi) is 65.8. The van der Waals surface area contributed by atoms with Crippen LogP contribution < -0.4 is 10.2 Å². The SMILES string of the molecule is CCCCC/C=C\C/C=C\CCCCCCCCCCCCCCCCCC(=O)OC(/C=C/CCCCCCCCCCCCC)C(COP(=O)([O-])OCC[N+](C)(C)C)NC(=O)CCCCCCCCCCCCCCCCCCCCCCCCC. The highest BCUT2D eigenvalue weighted by Gasteiger charge is 2.27. The lowest BCUT2D eigenvalue weighted by molar-refractivity contribution is -0.870. The summed E-state index contributed by atoms with van der Waals surface area (Å²) in [5.41, 5.74) is 0. The highest BCUT2D eigenvalue weighted by atomic mass is 31.2. The first kappa shape index (κ1) is 85.2. The molecule has 0 aliphatic carbocycles. The lowest BCUT2D eigenvalue weighted by atomic mass is 10.0. The van der Waals surface area contributed by atoms with E-state index in [9.17, 15) is 19.0 Å². The molecule has 1 amide bonds. The number of hydrogen-bond donors (Lipinski definition) is 1. The predicted molar refractivity (Wildman–Crippen MR) is 376 cm³/mol. The maximum atomic E-state index is 13.6. The first-order valence-corrected chi connectivity index (χ1v) is 39.8. The molecule has 514 valence electrons. The number of rotatable bonds is 71. The van der Waals surface area contributed by atoms with E-state index in [1.807, 2.05) is 33.3 Å². The van der Waals surface area contributed by atoms with Crippen LogP contribution in [0.4, 0.5) is 0 Å². The normalized spacial score (nSPS) is 13.6. The summed E-state index contributed by atoms with van der Waals surface area (Å²) in [6.07, 6.45) is 84.2. The summed E-state index contributed by atoms with van der Waals surface area (Å²) in [5.74, 6) is -0.516. The van der Waals surface area contributed by atoms with Crippen LogP contribution in [0.25, 0.3) is 0 Å². The fourth-order valence-corrected chi connectivity index (χ4v) is 12.4. The van der Waals surface area contributed by atoms with Crippen molar-refractivity contribution in [3.05, 3.63) is 36.5 Å². The van der Waals surface area contributed by atoms with Crippen molar-refractivity contribution in [2.24, 2.45) is 0 Å². The Bertz CT molecular complexity index is 1580. The number of allylic oxidation sites excluding steroid dienone is 5. The number of nitrogens with one attached hydrogen (secondary N) is 1. The molecule has 0 saturated carbocycles. The predicted octanol–water partition coefficient (Wildman–Crippen LogP) is 23.9. The Balaban J connectivity index is 4.99. The molecule has 0 bridgehead atoms. The van der Waals surface area contributed by atoms with Gasteiger partial charge in [0.05, 0.1) is 33.8 Å². The fraction of sp³-hybridized carbons (Fsp3) is 0.896. The molecule has 3 unspecified atom stereocenters. The number of amides is 1. The Morgan fingerprint density at radius 2 is 0.701 bits per heavy atom. The molecule has 0 aromatic rings. The average molecular weight is 1250 g/mol. The van der Waals surface area contributed by atoms with E-state index in [1.54, 1.807) is 0 Å². The van der Waals surface area contributed by atoms with E-state index in [4.69, 9.17) is 13.8 Å². The van der Waals surface area contributed by atoms with Crippen LogP contribution >= 0.6 is 7.82 Å². The Morgan fingerprint density at radius 3 is 1.06 bits per heavy atom. The third kappa shape index (κ3) is 68.4. The molecule has 0 heterocycles. The summed E-state index contributed by atoms with van der Waals surface area (Å²) < 4.78 is 30.5. The number of esters is 1. The molecule has 0 aromatic heterocycles. The highest BCUT2D eigenvalue weighted by Crippen LogP contribution is 2.38. The highest BCUT2D eigenvalue weighted by molar-refractivity contribution is 7.45. The number of carbonyl (C=O) groups excluding carboxylic acids is 2. The maximum absolute atomic E-state index is 13.6. The number of quaternary nitrogens is 1. The second-order valence-corrected chi connectivity index (χ2v) is 28.9. The molecule has 0 saturated heterocycles. The quantitative estimate of drug-likeness (QED) is 0.0212. The number of nitrogens with zero attached hydrogens (tertiary/aromatic N) is 1. The van der Waals surface area contributed by atoms with Crippen molar-refractivity contribution in [3.8, 4) is 0 Å². The van der Waals surface area contributed by atoms with E-state index in [2.05, 4.69) is 50.4 Å². The largest absolute Gasteiger partial charge is 0.756 e.